The lowest BCUT2D eigenvalue weighted by Crippen LogP contribution is -2.27. The second kappa shape index (κ2) is 6.17. The number of nitrogens with one attached hydrogen (secondary N) is 1. The van der Waals surface area contributed by atoms with Gasteiger partial charge in [-0.05, 0) is 30.9 Å². The van der Waals surface area contributed by atoms with E-state index in [-0.39, 0.29) is 0 Å². The molecule has 2 aromatic rings. The molecular weight excluding hydrogens is 254 g/mol. The topological polar surface area (TPSA) is 64.3 Å². The Labute approximate surface area is 118 Å². The number of ether oxygens (including phenoxy) is 1. The summed E-state index contributed by atoms with van der Waals surface area (Å²) in [6, 6.07) is 3.81. The second-order valence-corrected chi connectivity index (χ2v) is 5.45. The summed E-state index contributed by atoms with van der Waals surface area (Å²) in [4.78, 5) is 0. The van der Waals surface area contributed by atoms with Crippen molar-refractivity contribution in [1.29, 1.82) is 0 Å². The van der Waals surface area contributed by atoms with E-state index < -0.39 is 0 Å². The molecule has 0 saturated heterocycles. The molecule has 0 aromatic carbocycles. The molecule has 2 aromatic heterocycles. The van der Waals surface area contributed by atoms with Crippen LogP contribution < -0.4 is 5.32 Å². The molecule has 1 aliphatic rings. The molecule has 1 saturated carbocycles. The molecule has 0 radical (unpaired) electrons. The Morgan fingerprint density at radius 1 is 1.35 bits per heavy atom. The molecule has 2 heterocycles. The molecule has 1 aliphatic carbocycles. The van der Waals surface area contributed by atoms with Gasteiger partial charge in [-0.2, -0.15) is 4.52 Å². The minimum absolute atomic E-state index is 0.429. The van der Waals surface area contributed by atoms with Crippen molar-refractivity contribution < 1.29 is 4.74 Å². The van der Waals surface area contributed by atoms with Gasteiger partial charge in [0.05, 0.1) is 12.7 Å². The summed E-state index contributed by atoms with van der Waals surface area (Å²) >= 11 is 0. The number of aromatic nitrogens is 4. The van der Waals surface area contributed by atoms with E-state index in [1.807, 2.05) is 12.1 Å². The Kier molecular flexibility index (Phi) is 4.11. The number of anilines is 1. The van der Waals surface area contributed by atoms with Crippen molar-refractivity contribution in [2.75, 3.05) is 18.5 Å². The van der Waals surface area contributed by atoms with E-state index in [1.54, 1.807) is 10.8 Å². The van der Waals surface area contributed by atoms with Crippen LogP contribution >= 0.6 is 0 Å². The van der Waals surface area contributed by atoms with Crippen LogP contribution in [0.1, 0.15) is 32.6 Å². The van der Waals surface area contributed by atoms with Gasteiger partial charge in [0.25, 0.3) is 0 Å². The predicted octanol–water partition coefficient (Wildman–Crippen LogP) is 2.13. The Hall–Kier alpha value is -1.69. The van der Waals surface area contributed by atoms with Gasteiger partial charge >= 0.3 is 0 Å². The average Bonchev–Trinajstić information content (AvgIpc) is 2.93. The van der Waals surface area contributed by atoms with Gasteiger partial charge in [0.15, 0.2) is 5.65 Å². The quantitative estimate of drug-likeness (QED) is 0.847. The molecule has 0 amide bonds. The van der Waals surface area contributed by atoms with Crippen molar-refractivity contribution in [3.05, 3.63) is 18.5 Å². The maximum absolute atomic E-state index is 5.97. The lowest BCUT2D eigenvalue weighted by molar-refractivity contribution is 0.000368. The van der Waals surface area contributed by atoms with Crippen molar-refractivity contribution >= 4 is 11.5 Å². The molecule has 0 aliphatic heterocycles. The van der Waals surface area contributed by atoms with Gasteiger partial charge in [0.1, 0.15) is 12.1 Å². The highest BCUT2D eigenvalue weighted by Gasteiger charge is 2.21. The molecule has 0 bridgehead atoms. The molecule has 6 nitrogen and oxygen atoms in total. The van der Waals surface area contributed by atoms with Crippen molar-refractivity contribution in [2.24, 2.45) is 5.92 Å². The summed E-state index contributed by atoms with van der Waals surface area (Å²) in [5, 5.41) is 15.4. The Bertz CT molecular complexity index is 555. The summed E-state index contributed by atoms with van der Waals surface area (Å²) in [5.41, 5.74) is 0.753. The summed E-state index contributed by atoms with van der Waals surface area (Å²) < 4.78 is 7.63. The van der Waals surface area contributed by atoms with Crippen LogP contribution in [0.2, 0.25) is 0 Å². The molecule has 0 unspecified atom stereocenters. The van der Waals surface area contributed by atoms with Gasteiger partial charge in [0.2, 0.25) is 0 Å². The Morgan fingerprint density at radius 3 is 3.15 bits per heavy atom. The molecule has 1 fully saturated rings. The molecule has 1 N–H and O–H groups in total. The highest BCUT2D eigenvalue weighted by Crippen LogP contribution is 2.26. The van der Waals surface area contributed by atoms with Crippen LogP contribution in [0.5, 0.6) is 0 Å². The predicted molar refractivity (Wildman–Crippen MR) is 76.6 cm³/mol. The summed E-state index contributed by atoms with van der Waals surface area (Å²) in [6.45, 7) is 3.78. The number of hydrogen-bond donors (Lipinski definition) is 1. The fraction of sp³-hybridized carbons (Fsp3) is 0.643. The average molecular weight is 275 g/mol. The van der Waals surface area contributed by atoms with Gasteiger partial charge in [-0.15, -0.1) is 15.3 Å². The first-order valence-electron chi connectivity index (χ1n) is 7.35. The van der Waals surface area contributed by atoms with Crippen LogP contribution in [0.25, 0.3) is 5.65 Å². The SMILES string of the molecule is C[C@@H]1CCCC[C@H]1OCCNc1ccc2nncn2n1. The number of rotatable bonds is 5. The van der Waals surface area contributed by atoms with E-state index in [4.69, 9.17) is 4.74 Å². The van der Waals surface area contributed by atoms with Crippen LogP contribution in [-0.4, -0.2) is 39.1 Å². The first-order valence-corrected chi connectivity index (χ1v) is 7.35. The van der Waals surface area contributed by atoms with E-state index in [1.165, 1.54) is 25.7 Å². The van der Waals surface area contributed by atoms with E-state index in [9.17, 15) is 0 Å². The Balaban J connectivity index is 1.45. The minimum atomic E-state index is 0.429. The van der Waals surface area contributed by atoms with Crippen molar-refractivity contribution in [1.82, 2.24) is 19.8 Å². The van der Waals surface area contributed by atoms with Crippen LogP contribution in [0.4, 0.5) is 5.82 Å². The highest BCUT2D eigenvalue weighted by molar-refractivity contribution is 5.42. The van der Waals surface area contributed by atoms with Gasteiger partial charge in [-0.25, -0.2) is 0 Å². The monoisotopic (exact) mass is 275 g/mol. The molecule has 2 atom stereocenters. The maximum Gasteiger partial charge on any atom is 0.177 e. The summed E-state index contributed by atoms with van der Waals surface area (Å²) in [5.74, 6) is 1.51. The molecule has 6 heteroatoms. The zero-order valence-corrected chi connectivity index (χ0v) is 11.8. The smallest absolute Gasteiger partial charge is 0.177 e. The number of hydrogen-bond acceptors (Lipinski definition) is 5. The summed E-state index contributed by atoms with van der Waals surface area (Å²) in [6.07, 6.45) is 7.17. The van der Waals surface area contributed by atoms with E-state index in [0.29, 0.717) is 12.0 Å². The number of fused-ring (bicyclic) bond motifs is 1. The van der Waals surface area contributed by atoms with Crippen molar-refractivity contribution in [2.45, 2.75) is 38.7 Å². The van der Waals surface area contributed by atoms with Gasteiger partial charge in [-0.3, -0.25) is 0 Å². The highest BCUT2D eigenvalue weighted by atomic mass is 16.5. The largest absolute Gasteiger partial charge is 0.376 e. The van der Waals surface area contributed by atoms with E-state index in [0.717, 1.165) is 24.6 Å². The zero-order chi connectivity index (χ0) is 13.8. The lowest BCUT2D eigenvalue weighted by atomic mass is 9.88. The second-order valence-electron chi connectivity index (χ2n) is 5.45. The Morgan fingerprint density at radius 2 is 2.25 bits per heavy atom. The molecule has 20 heavy (non-hydrogen) atoms. The fourth-order valence-corrected chi connectivity index (χ4v) is 2.74. The lowest BCUT2D eigenvalue weighted by Gasteiger charge is -2.28. The first-order chi connectivity index (χ1) is 9.83. The van der Waals surface area contributed by atoms with Crippen LogP contribution in [0.15, 0.2) is 18.5 Å². The van der Waals surface area contributed by atoms with E-state index >= 15 is 0 Å². The van der Waals surface area contributed by atoms with Crippen molar-refractivity contribution in [3.8, 4) is 0 Å². The normalized spacial score (nSPS) is 23.1. The molecule has 0 spiro atoms. The molecule has 3 rings (SSSR count). The molecule has 108 valence electrons. The third-order valence-electron chi connectivity index (χ3n) is 3.93. The summed E-state index contributed by atoms with van der Waals surface area (Å²) in [7, 11) is 0. The standard InChI is InChI=1S/C14H21N5O/c1-11-4-2-3-5-12(11)20-9-8-15-13-6-7-14-17-16-10-19(14)18-13/h6-7,10-12H,2-5,8-9H2,1H3,(H,15,18)/t11-,12-/m1/s1. The van der Waals surface area contributed by atoms with Gasteiger partial charge in [-0.1, -0.05) is 19.8 Å². The van der Waals surface area contributed by atoms with Crippen LogP contribution in [-0.2, 0) is 4.74 Å². The van der Waals surface area contributed by atoms with Crippen LogP contribution in [0.3, 0.4) is 0 Å². The fourth-order valence-electron chi connectivity index (χ4n) is 2.74. The zero-order valence-electron chi connectivity index (χ0n) is 11.8. The first kappa shape index (κ1) is 13.3. The maximum atomic E-state index is 5.97. The van der Waals surface area contributed by atoms with Crippen molar-refractivity contribution in [3.63, 3.8) is 0 Å². The van der Waals surface area contributed by atoms with Gasteiger partial charge in [0, 0.05) is 6.54 Å². The third-order valence-corrected chi connectivity index (χ3v) is 3.93. The minimum Gasteiger partial charge on any atom is -0.376 e. The van der Waals surface area contributed by atoms with E-state index in [2.05, 4.69) is 27.5 Å². The van der Waals surface area contributed by atoms with Gasteiger partial charge < -0.3 is 10.1 Å². The molecular formula is C14H21N5O. The number of nitrogens with zero attached hydrogens (tertiary/aromatic N) is 4. The van der Waals surface area contributed by atoms with Crippen LogP contribution in [0, 0.1) is 5.92 Å². The third kappa shape index (κ3) is 3.07.